The Morgan fingerprint density at radius 1 is 1.46 bits per heavy atom. The van der Waals surface area contributed by atoms with Crippen molar-refractivity contribution in [3.8, 4) is 0 Å². The molecule has 0 bridgehead atoms. The van der Waals surface area contributed by atoms with Crippen LogP contribution in [0, 0.1) is 11.7 Å². The van der Waals surface area contributed by atoms with Crippen molar-refractivity contribution in [1.29, 1.82) is 0 Å². The second-order valence-electron chi connectivity index (χ2n) is 6.47. The van der Waals surface area contributed by atoms with Gasteiger partial charge >= 0.3 is 0 Å². The van der Waals surface area contributed by atoms with Crippen LogP contribution in [0.2, 0.25) is 0 Å². The van der Waals surface area contributed by atoms with Crippen LogP contribution in [-0.2, 0) is 17.1 Å². The van der Waals surface area contributed by atoms with Gasteiger partial charge in [0.05, 0.1) is 28.8 Å². The van der Waals surface area contributed by atoms with Crippen molar-refractivity contribution < 1.29 is 22.7 Å². The number of sulfonamides is 1. The molecule has 1 aliphatic carbocycles. The predicted molar refractivity (Wildman–Crippen MR) is 89.9 cm³/mol. The quantitative estimate of drug-likeness (QED) is 0.692. The number of nitrogens with zero attached hydrogens (tertiary/aromatic N) is 2. The zero-order valence-corrected chi connectivity index (χ0v) is 14.8. The molecule has 2 aromatic rings. The predicted octanol–water partition coefficient (Wildman–Crippen LogP) is 0.449. The molecule has 3 rings (SSSR count). The SMILES string of the molecule is Cn1cc([C@@H](NC(=O)c2cc(S(N)(=O)=O)ccc2F)C2CC(O)C2)cn1. The number of primary sulfonamides is 1. The zero-order valence-electron chi connectivity index (χ0n) is 14.0. The maximum Gasteiger partial charge on any atom is 0.254 e. The molecule has 0 unspecified atom stereocenters. The highest BCUT2D eigenvalue weighted by atomic mass is 32.2. The highest BCUT2D eigenvalue weighted by molar-refractivity contribution is 7.89. The first kappa shape index (κ1) is 18.5. The number of carbonyl (C=O) groups is 1. The van der Waals surface area contributed by atoms with Crippen LogP contribution in [0.5, 0.6) is 0 Å². The summed E-state index contributed by atoms with van der Waals surface area (Å²) in [5, 5.41) is 21.4. The number of nitrogens with two attached hydrogens (primary N) is 1. The molecule has 0 radical (unpaired) electrons. The summed E-state index contributed by atoms with van der Waals surface area (Å²) in [4.78, 5) is 12.2. The second kappa shape index (κ2) is 6.78. The fraction of sp³-hybridized carbons (Fsp3) is 0.375. The number of aryl methyl sites for hydroxylation is 1. The van der Waals surface area contributed by atoms with E-state index in [-0.39, 0.29) is 10.8 Å². The Labute approximate surface area is 149 Å². The molecule has 10 heteroatoms. The average Bonchev–Trinajstić information content (AvgIpc) is 2.95. The lowest BCUT2D eigenvalue weighted by molar-refractivity contribution is 0.0234. The Kier molecular flexibility index (Phi) is 4.82. The molecule has 1 heterocycles. The Hall–Kier alpha value is -2.30. The van der Waals surface area contributed by atoms with Crippen LogP contribution >= 0.6 is 0 Å². The van der Waals surface area contributed by atoms with E-state index in [2.05, 4.69) is 10.4 Å². The summed E-state index contributed by atoms with van der Waals surface area (Å²) in [5.41, 5.74) is 0.311. The number of aliphatic hydroxyl groups is 1. The summed E-state index contributed by atoms with van der Waals surface area (Å²) < 4.78 is 38.5. The maximum atomic E-state index is 14.1. The van der Waals surface area contributed by atoms with Gasteiger partial charge in [0.25, 0.3) is 5.91 Å². The third kappa shape index (κ3) is 3.76. The number of benzene rings is 1. The van der Waals surface area contributed by atoms with Crippen LogP contribution in [0.1, 0.15) is 34.8 Å². The highest BCUT2D eigenvalue weighted by Gasteiger charge is 2.36. The topological polar surface area (TPSA) is 127 Å². The van der Waals surface area contributed by atoms with Crippen LogP contribution in [0.25, 0.3) is 0 Å². The lowest BCUT2D eigenvalue weighted by Gasteiger charge is -2.37. The number of carbonyl (C=O) groups excluding carboxylic acids is 1. The second-order valence-corrected chi connectivity index (χ2v) is 8.03. The number of rotatable bonds is 5. The summed E-state index contributed by atoms with van der Waals surface area (Å²) >= 11 is 0. The molecular formula is C16H19FN4O4S. The fourth-order valence-electron chi connectivity index (χ4n) is 3.05. The minimum Gasteiger partial charge on any atom is -0.393 e. The highest BCUT2D eigenvalue weighted by Crippen LogP contribution is 2.38. The first-order valence-electron chi connectivity index (χ1n) is 7.95. The summed E-state index contributed by atoms with van der Waals surface area (Å²) in [7, 11) is -2.33. The minimum absolute atomic E-state index is 0.0253. The van der Waals surface area contributed by atoms with Crippen molar-refractivity contribution in [3.05, 3.63) is 47.5 Å². The van der Waals surface area contributed by atoms with Crippen molar-refractivity contribution in [1.82, 2.24) is 15.1 Å². The van der Waals surface area contributed by atoms with Crippen LogP contribution < -0.4 is 10.5 Å². The molecule has 1 atom stereocenters. The van der Waals surface area contributed by atoms with E-state index in [1.54, 1.807) is 24.1 Å². The third-order valence-electron chi connectivity index (χ3n) is 4.50. The molecule has 1 aromatic carbocycles. The van der Waals surface area contributed by atoms with E-state index in [0.717, 1.165) is 23.8 Å². The number of aromatic nitrogens is 2. The van der Waals surface area contributed by atoms with Crippen molar-refractivity contribution in [2.24, 2.45) is 18.1 Å². The van der Waals surface area contributed by atoms with Gasteiger partial charge in [0.2, 0.25) is 10.0 Å². The van der Waals surface area contributed by atoms with Gasteiger partial charge in [0.15, 0.2) is 0 Å². The van der Waals surface area contributed by atoms with Gasteiger partial charge in [0, 0.05) is 18.8 Å². The van der Waals surface area contributed by atoms with Crippen molar-refractivity contribution >= 4 is 15.9 Å². The Morgan fingerprint density at radius 3 is 2.69 bits per heavy atom. The van der Waals surface area contributed by atoms with E-state index in [1.807, 2.05) is 0 Å². The van der Waals surface area contributed by atoms with E-state index in [9.17, 15) is 22.7 Å². The smallest absolute Gasteiger partial charge is 0.254 e. The van der Waals surface area contributed by atoms with Gasteiger partial charge in [-0.1, -0.05) is 0 Å². The van der Waals surface area contributed by atoms with Gasteiger partial charge in [-0.15, -0.1) is 0 Å². The summed E-state index contributed by atoms with van der Waals surface area (Å²) in [6.07, 6.45) is 3.89. The largest absolute Gasteiger partial charge is 0.393 e. The van der Waals surface area contributed by atoms with E-state index in [0.29, 0.717) is 12.8 Å². The van der Waals surface area contributed by atoms with Gasteiger partial charge in [-0.2, -0.15) is 5.10 Å². The first-order chi connectivity index (χ1) is 12.1. The van der Waals surface area contributed by atoms with Crippen molar-refractivity contribution in [3.63, 3.8) is 0 Å². The van der Waals surface area contributed by atoms with E-state index < -0.39 is 39.5 Å². The summed E-state index contributed by atoms with van der Waals surface area (Å²) in [6, 6.07) is 2.33. The molecule has 1 aliphatic rings. The van der Waals surface area contributed by atoms with Gasteiger partial charge in [-0.3, -0.25) is 9.48 Å². The standard InChI is InChI=1S/C16H19FN4O4S/c1-21-8-10(7-19-21)15(9-4-11(22)5-9)20-16(23)13-6-12(26(18,24)25)2-3-14(13)17/h2-3,6-9,11,15,22H,4-5H2,1H3,(H,20,23)(H2,18,24,25)/t9?,11?,15-/m0/s1. The zero-order chi connectivity index (χ0) is 19.1. The molecule has 26 heavy (non-hydrogen) atoms. The molecule has 1 amide bonds. The molecule has 1 saturated carbocycles. The molecule has 1 aromatic heterocycles. The van der Waals surface area contributed by atoms with Gasteiger partial charge in [0.1, 0.15) is 5.82 Å². The Bertz CT molecular complexity index is 937. The van der Waals surface area contributed by atoms with Crippen molar-refractivity contribution in [2.75, 3.05) is 0 Å². The number of aliphatic hydroxyl groups excluding tert-OH is 1. The summed E-state index contributed by atoms with van der Waals surface area (Å²) in [5.74, 6) is -1.64. The lowest BCUT2D eigenvalue weighted by atomic mass is 9.75. The van der Waals surface area contributed by atoms with Gasteiger partial charge in [-0.05, 0) is 37.0 Å². The monoisotopic (exact) mass is 382 g/mol. The molecule has 140 valence electrons. The molecule has 4 N–H and O–H groups in total. The van der Waals surface area contributed by atoms with Crippen LogP contribution in [0.4, 0.5) is 4.39 Å². The molecule has 8 nitrogen and oxygen atoms in total. The molecule has 0 saturated heterocycles. The number of nitrogens with one attached hydrogen (secondary N) is 1. The number of hydrogen-bond donors (Lipinski definition) is 3. The molecule has 1 fully saturated rings. The Morgan fingerprint density at radius 2 is 2.15 bits per heavy atom. The lowest BCUT2D eigenvalue weighted by Crippen LogP contribution is -2.41. The number of halogens is 1. The van der Waals surface area contributed by atoms with Crippen LogP contribution in [-0.4, -0.2) is 35.3 Å². The molecule has 0 spiro atoms. The van der Waals surface area contributed by atoms with E-state index in [4.69, 9.17) is 5.14 Å². The molecular weight excluding hydrogens is 363 g/mol. The van der Waals surface area contributed by atoms with Gasteiger partial charge < -0.3 is 10.4 Å². The number of hydrogen-bond acceptors (Lipinski definition) is 5. The summed E-state index contributed by atoms with van der Waals surface area (Å²) in [6.45, 7) is 0. The fourth-order valence-corrected chi connectivity index (χ4v) is 3.59. The normalized spacial score (nSPS) is 21.1. The van der Waals surface area contributed by atoms with Gasteiger partial charge in [-0.25, -0.2) is 17.9 Å². The minimum atomic E-state index is -4.06. The van der Waals surface area contributed by atoms with E-state index in [1.165, 1.54) is 0 Å². The van der Waals surface area contributed by atoms with Crippen molar-refractivity contribution in [2.45, 2.75) is 29.9 Å². The average molecular weight is 382 g/mol. The maximum absolute atomic E-state index is 14.1. The van der Waals surface area contributed by atoms with Crippen LogP contribution in [0.15, 0.2) is 35.5 Å². The molecule has 0 aliphatic heterocycles. The van der Waals surface area contributed by atoms with Crippen LogP contribution in [0.3, 0.4) is 0 Å². The first-order valence-corrected chi connectivity index (χ1v) is 9.49. The third-order valence-corrected chi connectivity index (χ3v) is 5.41. The van der Waals surface area contributed by atoms with E-state index >= 15 is 0 Å². The number of amides is 1. The Balaban J connectivity index is 1.88.